The fourth-order valence-corrected chi connectivity index (χ4v) is 1.56. The quantitative estimate of drug-likeness (QED) is 0.820. The van der Waals surface area contributed by atoms with Gasteiger partial charge in [0.15, 0.2) is 5.82 Å². The maximum atomic E-state index is 12.8. The van der Waals surface area contributed by atoms with Crippen LogP contribution in [-0.2, 0) is 7.05 Å². The molecule has 1 heterocycles. The molecule has 2 aromatic rings. The van der Waals surface area contributed by atoms with Crippen LogP contribution in [0.25, 0.3) is 0 Å². The third-order valence-electron chi connectivity index (χ3n) is 2.42. The van der Waals surface area contributed by atoms with Gasteiger partial charge in [0, 0.05) is 7.05 Å². The smallest absolute Gasteiger partial charge is 0.160 e. The van der Waals surface area contributed by atoms with Crippen LogP contribution < -0.4 is 0 Å². The van der Waals surface area contributed by atoms with Gasteiger partial charge in [0.25, 0.3) is 0 Å². The highest BCUT2D eigenvalue weighted by molar-refractivity contribution is 5.25. The molecular formula is C10H11FN4O. The molecule has 0 amide bonds. The molecule has 2 rings (SSSR count). The van der Waals surface area contributed by atoms with E-state index >= 15 is 0 Å². The van der Waals surface area contributed by atoms with Crippen LogP contribution in [0.3, 0.4) is 0 Å². The lowest BCUT2D eigenvalue weighted by Gasteiger charge is -2.12. The van der Waals surface area contributed by atoms with Crippen molar-refractivity contribution in [3.05, 3.63) is 41.5 Å². The Hall–Kier alpha value is -1.82. The van der Waals surface area contributed by atoms with Crippen molar-refractivity contribution in [3.8, 4) is 0 Å². The van der Waals surface area contributed by atoms with E-state index < -0.39 is 0 Å². The maximum Gasteiger partial charge on any atom is 0.160 e. The van der Waals surface area contributed by atoms with E-state index in [1.807, 2.05) is 0 Å². The SMILES string of the molecule is Cn1nnnc1C(CO)c1ccc(F)cc1. The minimum atomic E-state index is -0.333. The average Bonchev–Trinajstić information content (AvgIpc) is 2.69. The molecule has 0 radical (unpaired) electrons. The number of aryl methyl sites for hydroxylation is 1. The minimum absolute atomic E-state index is 0.125. The van der Waals surface area contributed by atoms with Gasteiger partial charge in [-0.2, -0.15) is 0 Å². The van der Waals surface area contributed by atoms with Crippen molar-refractivity contribution < 1.29 is 9.50 Å². The number of hydrogen-bond acceptors (Lipinski definition) is 4. The lowest BCUT2D eigenvalue weighted by molar-refractivity contribution is 0.274. The fraction of sp³-hybridized carbons (Fsp3) is 0.300. The second-order valence-corrected chi connectivity index (χ2v) is 3.45. The molecule has 0 aliphatic rings. The monoisotopic (exact) mass is 222 g/mol. The molecule has 0 fully saturated rings. The van der Waals surface area contributed by atoms with Crippen LogP contribution in [0.4, 0.5) is 4.39 Å². The number of rotatable bonds is 3. The van der Waals surface area contributed by atoms with Gasteiger partial charge in [-0.05, 0) is 28.1 Å². The summed E-state index contributed by atoms with van der Waals surface area (Å²) < 4.78 is 14.3. The first-order valence-electron chi connectivity index (χ1n) is 4.81. The van der Waals surface area contributed by atoms with E-state index in [4.69, 9.17) is 0 Å². The highest BCUT2D eigenvalue weighted by Gasteiger charge is 2.18. The molecule has 84 valence electrons. The maximum absolute atomic E-state index is 12.8. The van der Waals surface area contributed by atoms with Crippen LogP contribution in [0.1, 0.15) is 17.3 Å². The van der Waals surface area contributed by atoms with Crippen molar-refractivity contribution in [2.75, 3.05) is 6.61 Å². The molecule has 0 saturated heterocycles. The summed E-state index contributed by atoms with van der Waals surface area (Å²) in [6.45, 7) is -0.125. The van der Waals surface area contributed by atoms with Crippen molar-refractivity contribution in [1.29, 1.82) is 0 Å². The van der Waals surface area contributed by atoms with Gasteiger partial charge in [0.05, 0.1) is 12.5 Å². The van der Waals surface area contributed by atoms with Crippen molar-refractivity contribution in [2.24, 2.45) is 7.05 Å². The van der Waals surface area contributed by atoms with Gasteiger partial charge >= 0.3 is 0 Å². The molecule has 0 aliphatic carbocycles. The van der Waals surface area contributed by atoms with Crippen LogP contribution in [0.15, 0.2) is 24.3 Å². The van der Waals surface area contributed by atoms with Crippen LogP contribution in [0.5, 0.6) is 0 Å². The predicted molar refractivity (Wildman–Crippen MR) is 54.1 cm³/mol. The lowest BCUT2D eigenvalue weighted by Crippen LogP contribution is -2.12. The number of nitrogens with zero attached hydrogens (tertiary/aromatic N) is 4. The first-order chi connectivity index (χ1) is 7.72. The van der Waals surface area contributed by atoms with Gasteiger partial charge in [0.2, 0.25) is 0 Å². The summed E-state index contributed by atoms with van der Waals surface area (Å²) in [4.78, 5) is 0. The van der Waals surface area contributed by atoms with Crippen molar-refractivity contribution >= 4 is 0 Å². The summed E-state index contributed by atoms with van der Waals surface area (Å²) in [5.74, 6) is -0.0914. The highest BCUT2D eigenvalue weighted by atomic mass is 19.1. The number of aliphatic hydroxyl groups excluding tert-OH is 1. The van der Waals surface area contributed by atoms with E-state index in [1.165, 1.54) is 16.8 Å². The standard InChI is InChI=1S/C10H11FN4O/c1-15-10(12-13-14-15)9(6-16)7-2-4-8(11)5-3-7/h2-5,9,16H,6H2,1H3. The number of halogens is 1. The van der Waals surface area contributed by atoms with Gasteiger partial charge < -0.3 is 5.11 Å². The first-order valence-corrected chi connectivity index (χ1v) is 4.81. The molecule has 16 heavy (non-hydrogen) atoms. The van der Waals surface area contributed by atoms with Gasteiger partial charge in [-0.15, -0.1) is 5.10 Å². The van der Waals surface area contributed by atoms with Gasteiger partial charge in [0.1, 0.15) is 5.82 Å². The van der Waals surface area contributed by atoms with E-state index in [2.05, 4.69) is 15.5 Å². The summed E-state index contributed by atoms with van der Waals surface area (Å²) in [6.07, 6.45) is 0. The third-order valence-corrected chi connectivity index (χ3v) is 2.42. The summed E-state index contributed by atoms with van der Waals surface area (Å²) in [7, 11) is 1.70. The van der Waals surface area contributed by atoms with E-state index in [0.717, 1.165) is 5.56 Å². The largest absolute Gasteiger partial charge is 0.395 e. The van der Waals surface area contributed by atoms with Crippen LogP contribution in [0.2, 0.25) is 0 Å². The highest BCUT2D eigenvalue weighted by Crippen LogP contribution is 2.21. The molecule has 6 heteroatoms. The molecule has 1 N–H and O–H groups in total. The molecule has 1 aromatic carbocycles. The van der Waals surface area contributed by atoms with Gasteiger partial charge in [-0.1, -0.05) is 12.1 Å². The normalized spacial score (nSPS) is 12.7. The van der Waals surface area contributed by atoms with E-state index in [1.54, 1.807) is 19.2 Å². The Morgan fingerprint density at radius 2 is 2.06 bits per heavy atom. The molecule has 0 aliphatic heterocycles. The third kappa shape index (κ3) is 1.92. The lowest BCUT2D eigenvalue weighted by atomic mass is 9.99. The predicted octanol–water partition coefficient (Wildman–Crippen LogP) is 0.473. The topological polar surface area (TPSA) is 63.8 Å². The zero-order chi connectivity index (χ0) is 11.5. The van der Waals surface area contributed by atoms with Gasteiger partial charge in [-0.3, -0.25) is 0 Å². The van der Waals surface area contributed by atoms with Crippen molar-refractivity contribution in [1.82, 2.24) is 20.2 Å². The second kappa shape index (κ2) is 4.36. The summed E-state index contributed by atoms with van der Waals surface area (Å²) in [5, 5.41) is 20.4. The van der Waals surface area contributed by atoms with E-state index in [9.17, 15) is 9.50 Å². The molecular weight excluding hydrogens is 211 g/mol. The van der Waals surface area contributed by atoms with Crippen LogP contribution in [0, 0.1) is 5.82 Å². The molecule has 0 bridgehead atoms. The molecule has 5 nitrogen and oxygen atoms in total. The van der Waals surface area contributed by atoms with Crippen LogP contribution in [-0.4, -0.2) is 31.9 Å². The summed E-state index contributed by atoms with van der Waals surface area (Å²) >= 11 is 0. The summed E-state index contributed by atoms with van der Waals surface area (Å²) in [5.41, 5.74) is 0.779. The molecule has 1 atom stereocenters. The number of tetrazole rings is 1. The molecule has 1 aromatic heterocycles. The zero-order valence-electron chi connectivity index (χ0n) is 8.71. The number of aromatic nitrogens is 4. The summed E-state index contributed by atoms with van der Waals surface area (Å²) in [6, 6.07) is 5.93. The average molecular weight is 222 g/mol. The Bertz CT molecular complexity index is 468. The van der Waals surface area contributed by atoms with E-state index in [-0.39, 0.29) is 18.3 Å². The molecule has 0 saturated carbocycles. The Morgan fingerprint density at radius 1 is 1.38 bits per heavy atom. The Kier molecular flexibility index (Phi) is 2.91. The first kappa shape index (κ1) is 10.7. The zero-order valence-corrected chi connectivity index (χ0v) is 8.71. The number of aliphatic hydroxyl groups is 1. The number of hydrogen-bond donors (Lipinski definition) is 1. The van der Waals surface area contributed by atoms with Gasteiger partial charge in [-0.25, -0.2) is 9.07 Å². The second-order valence-electron chi connectivity index (χ2n) is 3.45. The molecule has 0 spiro atoms. The fourth-order valence-electron chi connectivity index (χ4n) is 1.56. The molecule has 1 unspecified atom stereocenters. The number of benzene rings is 1. The van der Waals surface area contributed by atoms with Crippen molar-refractivity contribution in [2.45, 2.75) is 5.92 Å². The Balaban J connectivity index is 2.37. The minimum Gasteiger partial charge on any atom is -0.395 e. The van der Waals surface area contributed by atoms with E-state index in [0.29, 0.717) is 5.82 Å². The Labute approximate surface area is 91.5 Å². The van der Waals surface area contributed by atoms with Crippen LogP contribution >= 0.6 is 0 Å². The Morgan fingerprint density at radius 3 is 2.56 bits per heavy atom. The van der Waals surface area contributed by atoms with Crippen molar-refractivity contribution in [3.63, 3.8) is 0 Å².